The topological polar surface area (TPSA) is 20.2 Å². The molecule has 0 saturated heterocycles. The fraction of sp³-hybridized carbons (Fsp3) is 0.400. The molecule has 0 fully saturated rings. The highest BCUT2D eigenvalue weighted by Gasteiger charge is 2.09. The Morgan fingerprint density at radius 1 is 1.13 bits per heavy atom. The van der Waals surface area contributed by atoms with Gasteiger partial charge in [-0.25, -0.2) is 0 Å². The zero-order valence-electron chi connectivity index (χ0n) is 7.97. The van der Waals surface area contributed by atoms with Gasteiger partial charge in [-0.3, -0.25) is 0 Å². The molecular formula is C10H11Cl3OS. The summed E-state index contributed by atoms with van der Waals surface area (Å²) in [5.41, 5.74) is 0.869. The normalized spacial score (nSPS) is 10.7. The van der Waals surface area contributed by atoms with Crippen LogP contribution in [-0.2, 0) is 5.75 Å². The molecule has 0 aliphatic heterocycles. The van der Waals surface area contributed by atoms with Gasteiger partial charge in [-0.15, -0.1) is 0 Å². The van der Waals surface area contributed by atoms with Crippen LogP contribution in [0.2, 0.25) is 15.1 Å². The van der Waals surface area contributed by atoms with E-state index in [1.165, 1.54) is 0 Å². The second kappa shape index (κ2) is 6.87. The average Bonchev–Trinajstić information content (AvgIpc) is 2.23. The summed E-state index contributed by atoms with van der Waals surface area (Å²) in [6, 6.07) is 3.44. The minimum atomic E-state index is 0.212. The highest BCUT2D eigenvalue weighted by Crippen LogP contribution is 2.33. The number of hydrogen-bond acceptors (Lipinski definition) is 2. The number of halogens is 3. The van der Waals surface area contributed by atoms with Crippen LogP contribution in [0.3, 0.4) is 0 Å². The van der Waals surface area contributed by atoms with Crippen LogP contribution in [0.1, 0.15) is 12.0 Å². The number of thioether (sulfide) groups is 1. The summed E-state index contributed by atoms with van der Waals surface area (Å²) in [7, 11) is 0. The first-order valence-corrected chi connectivity index (χ1v) is 6.76. The molecule has 0 aliphatic rings. The van der Waals surface area contributed by atoms with E-state index < -0.39 is 0 Å². The summed E-state index contributed by atoms with van der Waals surface area (Å²) in [5.74, 6) is 1.61. The molecule has 0 unspecified atom stereocenters. The number of aliphatic hydroxyl groups is 1. The fourth-order valence-corrected chi connectivity index (χ4v) is 2.86. The monoisotopic (exact) mass is 284 g/mol. The molecule has 0 saturated carbocycles. The predicted molar refractivity (Wildman–Crippen MR) is 69.3 cm³/mol. The average molecular weight is 286 g/mol. The van der Waals surface area contributed by atoms with Gasteiger partial charge in [0.05, 0.1) is 10.0 Å². The zero-order chi connectivity index (χ0) is 11.3. The third-order valence-corrected chi connectivity index (χ3v) is 4.10. The third kappa shape index (κ3) is 4.04. The molecule has 0 spiro atoms. The summed E-state index contributed by atoms with van der Waals surface area (Å²) >= 11 is 19.6. The van der Waals surface area contributed by atoms with Gasteiger partial charge >= 0.3 is 0 Å². The third-order valence-electron chi connectivity index (χ3n) is 1.83. The van der Waals surface area contributed by atoms with E-state index in [9.17, 15) is 0 Å². The number of rotatable bonds is 5. The van der Waals surface area contributed by atoms with Crippen molar-refractivity contribution < 1.29 is 5.11 Å². The summed E-state index contributed by atoms with van der Waals surface area (Å²) in [4.78, 5) is 0. The number of aliphatic hydroxyl groups excluding tert-OH is 1. The molecule has 15 heavy (non-hydrogen) atoms. The molecule has 0 heterocycles. The van der Waals surface area contributed by atoms with Gasteiger partial charge in [0.15, 0.2) is 0 Å². The molecule has 1 N–H and O–H groups in total. The zero-order valence-corrected chi connectivity index (χ0v) is 11.1. The van der Waals surface area contributed by atoms with Crippen LogP contribution in [0.25, 0.3) is 0 Å². The maximum absolute atomic E-state index is 8.63. The van der Waals surface area contributed by atoms with Gasteiger partial charge < -0.3 is 5.11 Å². The maximum Gasteiger partial charge on any atom is 0.0647 e. The minimum Gasteiger partial charge on any atom is -0.396 e. The van der Waals surface area contributed by atoms with Gasteiger partial charge in [0, 0.05) is 22.9 Å². The molecule has 1 aromatic rings. The lowest BCUT2D eigenvalue weighted by Gasteiger charge is -2.07. The fourth-order valence-electron chi connectivity index (χ4n) is 1.04. The first kappa shape index (κ1) is 13.5. The Bertz CT molecular complexity index is 331. The highest BCUT2D eigenvalue weighted by atomic mass is 35.5. The van der Waals surface area contributed by atoms with E-state index in [2.05, 4.69) is 0 Å². The van der Waals surface area contributed by atoms with Gasteiger partial charge in [-0.2, -0.15) is 11.8 Å². The van der Waals surface area contributed by atoms with E-state index in [4.69, 9.17) is 39.9 Å². The van der Waals surface area contributed by atoms with E-state index in [1.54, 1.807) is 23.9 Å². The van der Waals surface area contributed by atoms with Crippen molar-refractivity contribution in [2.45, 2.75) is 12.2 Å². The molecule has 0 aromatic heterocycles. The van der Waals surface area contributed by atoms with Crippen molar-refractivity contribution in [3.63, 3.8) is 0 Å². The van der Waals surface area contributed by atoms with Crippen LogP contribution in [0.15, 0.2) is 12.1 Å². The molecule has 1 aromatic carbocycles. The van der Waals surface area contributed by atoms with Crippen LogP contribution >= 0.6 is 46.6 Å². The van der Waals surface area contributed by atoms with Crippen LogP contribution in [-0.4, -0.2) is 17.5 Å². The van der Waals surface area contributed by atoms with Crippen LogP contribution < -0.4 is 0 Å². The van der Waals surface area contributed by atoms with Crippen molar-refractivity contribution in [3.8, 4) is 0 Å². The van der Waals surface area contributed by atoms with E-state index in [0.29, 0.717) is 15.1 Å². The van der Waals surface area contributed by atoms with E-state index in [1.807, 2.05) is 0 Å². The van der Waals surface area contributed by atoms with Gasteiger partial charge in [0.2, 0.25) is 0 Å². The summed E-state index contributed by atoms with van der Waals surface area (Å²) in [6.45, 7) is 0.212. The van der Waals surface area contributed by atoms with Crippen molar-refractivity contribution >= 4 is 46.6 Å². The molecule has 84 valence electrons. The molecule has 1 nitrogen and oxygen atoms in total. The van der Waals surface area contributed by atoms with Gasteiger partial charge in [0.1, 0.15) is 0 Å². The van der Waals surface area contributed by atoms with Crippen LogP contribution in [0.5, 0.6) is 0 Å². The highest BCUT2D eigenvalue weighted by molar-refractivity contribution is 7.98. The van der Waals surface area contributed by atoms with Crippen molar-refractivity contribution in [2.75, 3.05) is 12.4 Å². The quantitative estimate of drug-likeness (QED) is 0.644. The predicted octanol–water partition coefficient (Wildman–Crippen LogP) is 4.26. The molecule has 0 radical (unpaired) electrons. The standard InChI is InChI=1S/C10H11Cl3OS/c11-8-2-3-9(12)10(13)7(8)6-15-5-1-4-14/h2-3,14H,1,4-6H2. The van der Waals surface area contributed by atoms with E-state index in [0.717, 1.165) is 23.5 Å². The van der Waals surface area contributed by atoms with Gasteiger partial charge in [-0.05, 0) is 24.3 Å². The molecule has 0 amide bonds. The van der Waals surface area contributed by atoms with Crippen LogP contribution in [0, 0.1) is 0 Å². The Kier molecular flexibility index (Phi) is 6.17. The summed E-state index contributed by atoms with van der Waals surface area (Å²) < 4.78 is 0. The molecule has 0 atom stereocenters. The van der Waals surface area contributed by atoms with E-state index in [-0.39, 0.29) is 6.61 Å². The molecule has 1 rings (SSSR count). The molecule has 0 bridgehead atoms. The van der Waals surface area contributed by atoms with Gasteiger partial charge in [0.25, 0.3) is 0 Å². The van der Waals surface area contributed by atoms with Crippen molar-refractivity contribution in [2.24, 2.45) is 0 Å². The maximum atomic E-state index is 8.63. The number of hydrogen-bond donors (Lipinski definition) is 1. The minimum absolute atomic E-state index is 0.212. The lowest BCUT2D eigenvalue weighted by Crippen LogP contribution is -1.90. The Morgan fingerprint density at radius 2 is 1.80 bits per heavy atom. The smallest absolute Gasteiger partial charge is 0.0647 e. The van der Waals surface area contributed by atoms with E-state index >= 15 is 0 Å². The summed E-state index contributed by atoms with van der Waals surface area (Å²) in [6.07, 6.45) is 0.778. The molecule has 0 aliphatic carbocycles. The van der Waals surface area contributed by atoms with Gasteiger partial charge in [-0.1, -0.05) is 34.8 Å². The van der Waals surface area contributed by atoms with Crippen molar-refractivity contribution in [1.82, 2.24) is 0 Å². The van der Waals surface area contributed by atoms with Crippen molar-refractivity contribution in [3.05, 3.63) is 32.8 Å². The molecular weight excluding hydrogens is 275 g/mol. The first-order chi connectivity index (χ1) is 7.16. The lowest BCUT2D eigenvalue weighted by molar-refractivity contribution is 0.296. The van der Waals surface area contributed by atoms with Crippen LogP contribution in [0.4, 0.5) is 0 Å². The Hall–Kier alpha value is 0.400. The Labute approximate surface area is 109 Å². The number of benzene rings is 1. The second-order valence-electron chi connectivity index (χ2n) is 2.95. The largest absolute Gasteiger partial charge is 0.396 e. The SMILES string of the molecule is OCCCSCc1c(Cl)ccc(Cl)c1Cl. The Balaban J connectivity index is 2.63. The Morgan fingerprint density at radius 3 is 2.47 bits per heavy atom. The van der Waals surface area contributed by atoms with Crippen molar-refractivity contribution in [1.29, 1.82) is 0 Å². The first-order valence-electron chi connectivity index (χ1n) is 4.47. The second-order valence-corrected chi connectivity index (χ2v) is 5.25. The summed E-state index contributed by atoms with van der Waals surface area (Å²) in [5, 5.41) is 10.3. The molecule has 5 heteroatoms. The lowest BCUT2D eigenvalue weighted by atomic mass is 10.2.